The molecule has 2 aliphatic heterocycles. The van der Waals surface area contributed by atoms with Crippen LogP contribution in [0.4, 0.5) is 0 Å². The van der Waals surface area contributed by atoms with E-state index in [4.69, 9.17) is 9.47 Å². The van der Waals surface area contributed by atoms with Crippen molar-refractivity contribution in [1.82, 2.24) is 10.2 Å². The van der Waals surface area contributed by atoms with Gasteiger partial charge in [-0.1, -0.05) is 0 Å². The Labute approximate surface area is 143 Å². The zero-order valence-electron chi connectivity index (χ0n) is 14.1. The number of methoxy groups -OCH3 is 1. The van der Waals surface area contributed by atoms with Crippen LogP contribution in [0.15, 0.2) is 12.1 Å². The van der Waals surface area contributed by atoms with Crippen molar-refractivity contribution >= 4 is 0 Å². The second kappa shape index (κ2) is 7.84. The van der Waals surface area contributed by atoms with Gasteiger partial charge in [0.1, 0.15) is 0 Å². The molecule has 130 valence electrons. The summed E-state index contributed by atoms with van der Waals surface area (Å²) < 4.78 is 10.8. The molecule has 1 aromatic carbocycles. The highest BCUT2D eigenvalue weighted by atomic mass is 16.5. The number of benzene rings is 1. The lowest BCUT2D eigenvalue weighted by Crippen LogP contribution is -2.47. The highest BCUT2D eigenvalue weighted by molar-refractivity contribution is 5.55. The summed E-state index contributed by atoms with van der Waals surface area (Å²) in [6.07, 6.45) is 1.88. The number of phenols is 1. The van der Waals surface area contributed by atoms with Crippen molar-refractivity contribution in [2.24, 2.45) is 5.92 Å². The minimum atomic E-state index is 0.0146. The molecule has 0 spiro atoms. The number of ether oxygens (including phenoxy) is 2. The van der Waals surface area contributed by atoms with E-state index in [2.05, 4.69) is 16.3 Å². The largest absolute Gasteiger partial charge is 0.504 e. The molecule has 0 unspecified atom stereocenters. The number of piperazine rings is 1. The molecule has 0 aliphatic carbocycles. The predicted molar refractivity (Wildman–Crippen MR) is 90.1 cm³/mol. The lowest BCUT2D eigenvalue weighted by atomic mass is 9.83. The predicted octanol–water partition coefficient (Wildman–Crippen LogP) is 1.65. The summed E-state index contributed by atoms with van der Waals surface area (Å²) in [6, 6.07) is 5.69. The van der Waals surface area contributed by atoms with Gasteiger partial charge >= 0.3 is 0 Å². The third-order valence-electron chi connectivity index (χ3n) is 5.07. The molecule has 24 heavy (non-hydrogen) atoms. The van der Waals surface area contributed by atoms with Crippen LogP contribution in [0.25, 0.3) is 0 Å². The van der Waals surface area contributed by atoms with Gasteiger partial charge in [0.25, 0.3) is 0 Å². The third kappa shape index (κ3) is 3.34. The molecule has 2 fully saturated rings. The number of nitriles is 1. The van der Waals surface area contributed by atoms with E-state index in [-0.39, 0.29) is 11.8 Å². The van der Waals surface area contributed by atoms with Crippen molar-refractivity contribution in [1.29, 1.82) is 5.26 Å². The van der Waals surface area contributed by atoms with Gasteiger partial charge in [-0.2, -0.15) is 5.26 Å². The summed E-state index contributed by atoms with van der Waals surface area (Å²) in [7, 11) is 1.54. The van der Waals surface area contributed by atoms with Crippen LogP contribution >= 0.6 is 0 Å². The summed E-state index contributed by atoms with van der Waals surface area (Å²) in [5.74, 6) is 0.893. The van der Waals surface area contributed by atoms with Gasteiger partial charge in [-0.05, 0) is 30.9 Å². The number of nitrogens with one attached hydrogen (secondary N) is 1. The second-order valence-electron chi connectivity index (χ2n) is 6.37. The maximum atomic E-state index is 10.8. The van der Waals surface area contributed by atoms with Crippen LogP contribution in [0, 0.1) is 17.2 Å². The van der Waals surface area contributed by atoms with Crippen molar-refractivity contribution in [2.45, 2.75) is 18.9 Å². The minimum Gasteiger partial charge on any atom is -0.504 e. The average molecular weight is 331 g/mol. The SMILES string of the molecule is COc1ccc(C#N)c([C@H](C2CCOCC2)N2CCNCC2)c1O. The molecule has 2 saturated heterocycles. The van der Waals surface area contributed by atoms with Gasteiger partial charge in [0.05, 0.1) is 18.7 Å². The summed E-state index contributed by atoms with van der Waals surface area (Å²) in [5, 5.41) is 23.7. The van der Waals surface area contributed by atoms with Crippen molar-refractivity contribution < 1.29 is 14.6 Å². The maximum Gasteiger partial charge on any atom is 0.163 e. The van der Waals surface area contributed by atoms with Gasteiger partial charge in [0.2, 0.25) is 0 Å². The van der Waals surface area contributed by atoms with Crippen molar-refractivity contribution in [3.8, 4) is 17.6 Å². The Hall–Kier alpha value is -1.81. The number of nitrogens with zero attached hydrogens (tertiary/aromatic N) is 2. The molecule has 0 saturated carbocycles. The Kier molecular flexibility index (Phi) is 5.56. The summed E-state index contributed by atoms with van der Waals surface area (Å²) in [4.78, 5) is 2.39. The third-order valence-corrected chi connectivity index (χ3v) is 5.07. The Bertz CT molecular complexity index is 584. The summed E-state index contributed by atoms with van der Waals surface area (Å²) in [5.41, 5.74) is 1.24. The van der Waals surface area contributed by atoms with Crippen LogP contribution in [0.1, 0.15) is 30.0 Å². The Morgan fingerprint density at radius 2 is 2.04 bits per heavy atom. The van der Waals surface area contributed by atoms with E-state index in [0.717, 1.165) is 52.2 Å². The van der Waals surface area contributed by atoms with Gasteiger partial charge in [0, 0.05) is 51.0 Å². The van der Waals surface area contributed by atoms with E-state index in [1.807, 2.05) is 0 Å². The van der Waals surface area contributed by atoms with Crippen LogP contribution in [0.2, 0.25) is 0 Å². The van der Waals surface area contributed by atoms with Gasteiger partial charge in [-0.3, -0.25) is 4.90 Å². The zero-order valence-corrected chi connectivity index (χ0v) is 14.1. The molecule has 0 radical (unpaired) electrons. The summed E-state index contributed by atoms with van der Waals surface area (Å²) in [6.45, 7) is 5.13. The van der Waals surface area contributed by atoms with Gasteiger partial charge in [0.15, 0.2) is 11.5 Å². The molecule has 2 heterocycles. The molecule has 3 rings (SSSR count). The number of rotatable bonds is 4. The molecule has 2 aliphatic rings. The van der Waals surface area contributed by atoms with Crippen molar-refractivity contribution in [3.05, 3.63) is 23.3 Å². The van der Waals surface area contributed by atoms with E-state index in [1.165, 1.54) is 0 Å². The normalized spacial score (nSPS) is 21.2. The monoisotopic (exact) mass is 331 g/mol. The van der Waals surface area contributed by atoms with Crippen LogP contribution in [0.3, 0.4) is 0 Å². The average Bonchev–Trinajstić information content (AvgIpc) is 2.65. The topological polar surface area (TPSA) is 77.8 Å². The van der Waals surface area contributed by atoms with E-state index in [1.54, 1.807) is 19.2 Å². The highest BCUT2D eigenvalue weighted by Gasteiger charge is 2.35. The molecule has 1 atom stereocenters. The highest BCUT2D eigenvalue weighted by Crippen LogP contribution is 2.44. The fraction of sp³-hybridized carbons (Fsp3) is 0.611. The van der Waals surface area contributed by atoms with E-state index in [0.29, 0.717) is 22.8 Å². The minimum absolute atomic E-state index is 0.0146. The first kappa shape index (κ1) is 17.0. The van der Waals surface area contributed by atoms with Crippen molar-refractivity contribution in [3.63, 3.8) is 0 Å². The van der Waals surface area contributed by atoms with Crippen LogP contribution in [-0.4, -0.2) is 56.5 Å². The standard InChI is InChI=1S/C18H25N3O3/c1-23-15-3-2-14(12-19)16(18(15)22)17(13-4-10-24-11-5-13)21-8-6-20-7-9-21/h2-3,13,17,20,22H,4-11H2,1H3/t17-/m0/s1. The smallest absolute Gasteiger partial charge is 0.163 e. The van der Waals surface area contributed by atoms with Crippen molar-refractivity contribution in [2.75, 3.05) is 46.5 Å². The zero-order chi connectivity index (χ0) is 16.9. The molecule has 0 bridgehead atoms. The molecule has 0 amide bonds. The number of hydrogen-bond acceptors (Lipinski definition) is 6. The van der Waals surface area contributed by atoms with E-state index >= 15 is 0 Å². The first-order valence-electron chi connectivity index (χ1n) is 8.58. The molecule has 0 aromatic heterocycles. The second-order valence-corrected chi connectivity index (χ2v) is 6.37. The van der Waals surface area contributed by atoms with E-state index in [9.17, 15) is 10.4 Å². The molecule has 1 aromatic rings. The first-order valence-corrected chi connectivity index (χ1v) is 8.58. The van der Waals surface area contributed by atoms with Crippen LogP contribution in [0.5, 0.6) is 11.5 Å². The van der Waals surface area contributed by atoms with E-state index < -0.39 is 0 Å². The molecular weight excluding hydrogens is 306 g/mol. The number of hydrogen-bond donors (Lipinski definition) is 2. The molecule has 6 nitrogen and oxygen atoms in total. The van der Waals surface area contributed by atoms with Gasteiger partial charge < -0.3 is 19.9 Å². The summed E-state index contributed by atoms with van der Waals surface area (Å²) >= 11 is 0. The fourth-order valence-corrected chi connectivity index (χ4v) is 3.86. The quantitative estimate of drug-likeness (QED) is 0.873. The lowest BCUT2D eigenvalue weighted by Gasteiger charge is -2.41. The molecule has 6 heteroatoms. The van der Waals surface area contributed by atoms with Crippen LogP contribution in [-0.2, 0) is 4.74 Å². The van der Waals surface area contributed by atoms with Gasteiger partial charge in [-0.15, -0.1) is 0 Å². The fourth-order valence-electron chi connectivity index (χ4n) is 3.86. The Morgan fingerprint density at radius 3 is 2.67 bits per heavy atom. The Balaban J connectivity index is 2.05. The van der Waals surface area contributed by atoms with Crippen LogP contribution < -0.4 is 10.1 Å². The maximum absolute atomic E-state index is 10.8. The Morgan fingerprint density at radius 1 is 1.33 bits per heavy atom. The molecule has 2 N–H and O–H groups in total. The van der Waals surface area contributed by atoms with Gasteiger partial charge in [-0.25, -0.2) is 0 Å². The first-order chi connectivity index (χ1) is 11.8. The number of aromatic hydroxyl groups is 1. The number of phenolic OH excluding ortho intramolecular Hbond substituents is 1. The molecular formula is C18H25N3O3. The lowest BCUT2D eigenvalue weighted by molar-refractivity contribution is 0.0205.